The van der Waals surface area contributed by atoms with Gasteiger partial charge in [0.05, 0.1) is 11.2 Å². The van der Waals surface area contributed by atoms with Crippen molar-refractivity contribution in [2.75, 3.05) is 25.0 Å². The lowest BCUT2D eigenvalue weighted by Gasteiger charge is -2.29. The second-order valence-electron chi connectivity index (χ2n) is 10.3. The summed E-state index contributed by atoms with van der Waals surface area (Å²) in [4.78, 5) is 25.9. The molecule has 9 heteroatoms. The molecule has 0 fully saturated rings. The van der Waals surface area contributed by atoms with Crippen LogP contribution in [0.3, 0.4) is 0 Å². The van der Waals surface area contributed by atoms with Gasteiger partial charge in [-0.2, -0.15) is 5.26 Å². The van der Waals surface area contributed by atoms with Crippen LogP contribution in [0.15, 0.2) is 60.8 Å². The molecule has 4 aromatic rings. The van der Waals surface area contributed by atoms with E-state index < -0.39 is 5.60 Å². The highest BCUT2D eigenvalue weighted by Crippen LogP contribution is 2.38. The summed E-state index contributed by atoms with van der Waals surface area (Å²) < 4.78 is 19.0. The van der Waals surface area contributed by atoms with Crippen molar-refractivity contribution in [2.24, 2.45) is 0 Å². The molecule has 198 valence electrons. The maximum absolute atomic E-state index is 13.4. The highest BCUT2D eigenvalue weighted by molar-refractivity contribution is 7.16. The molecule has 0 aliphatic carbocycles. The number of aromatic nitrogens is 2. The van der Waals surface area contributed by atoms with Gasteiger partial charge < -0.3 is 14.5 Å². The first-order chi connectivity index (χ1) is 18.6. The van der Waals surface area contributed by atoms with Crippen LogP contribution in [-0.2, 0) is 4.74 Å². The van der Waals surface area contributed by atoms with Gasteiger partial charge in [0.25, 0.3) is 0 Å². The van der Waals surface area contributed by atoms with Crippen LogP contribution in [0.5, 0.6) is 0 Å². The number of hydrogen-bond donors (Lipinski definition) is 0. The summed E-state index contributed by atoms with van der Waals surface area (Å²) in [6.45, 7) is 6.67. The fourth-order valence-electron chi connectivity index (χ4n) is 4.48. The number of ether oxygens (including phenoxy) is 1. The maximum Gasteiger partial charge on any atom is 0.410 e. The van der Waals surface area contributed by atoms with Gasteiger partial charge in [-0.25, -0.2) is 14.2 Å². The molecular weight excluding hydrogens is 513 g/mol. The van der Waals surface area contributed by atoms with E-state index in [9.17, 15) is 14.4 Å². The van der Waals surface area contributed by atoms with Crippen molar-refractivity contribution in [2.45, 2.75) is 32.8 Å². The average Bonchev–Trinajstić information content (AvgIpc) is 3.36. The summed E-state index contributed by atoms with van der Waals surface area (Å²) in [5, 5.41) is 11.3. The molecule has 1 amide bonds. The molecule has 0 atom stereocenters. The molecule has 3 heterocycles. The third kappa shape index (κ3) is 5.61. The Kier molecular flexibility index (Phi) is 7.06. The number of thiazole rings is 1. The number of anilines is 2. The molecule has 0 unspecified atom stereocenters. The van der Waals surface area contributed by atoms with Crippen LogP contribution >= 0.6 is 11.3 Å². The third-order valence-corrected chi connectivity index (χ3v) is 7.47. The Balaban J connectivity index is 1.44. The summed E-state index contributed by atoms with van der Waals surface area (Å²) in [6, 6.07) is 16.3. The second-order valence-corrected chi connectivity index (χ2v) is 11.3. The molecule has 5 rings (SSSR count). The smallest absolute Gasteiger partial charge is 0.410 e. The molecule has 0 saturated carbocycles. The van der Waals surface area contributed by atoms with Crippen molar-refractivity contribution >= 4 is 44.7 Å². The van der Waals surface area contributed by atoms with Crippen molar-refractivity contribution in [3.05, 3.63) is 77.1 Å². The zero-order chi connectivity index (χ0) is 27.7. The summed E-state index contributed by atoms with van der Waals surface area (Å²) >= 11 is 1.29. The zero-order valence-corrected chi connectivity index (χ0v) is 23.1. The highest BCUT2D eigenvalue weighted by Gasteiger charge is 2.24. The lowest BCUT2D eigenvalue weighted by atomic mass is 9.97. The number of rotatable bonds is 4. The molecular formula is C30H28FN5O2S. The number of halogens is 1. The summed E-state index contributed by atoms with van der Waals surface area (Å²) in [5.41, 5.74) is 4.66. The van der Waals surface area contributed by atoms with Gasteiger partial charge in [-0.3, -0.25) is 4.98 Å². The SMILES string of the molecule is CN(c1nc(-c2ccc(F)cc2)c(C#N)s1)c1ccnc2ccc(C3=CCN(C(=O)OC(C)(C)C)CC3)cc12. The Morgan fingerprint density at radius 1 is 1.15 bits per heavy atom. The minimum atomic E-state index is -0.528. The van der Waals surface area contributed by atoms with Crippen molar-refractivity contribution in [1.29, 1.82) is 5.26 Å². The first kappa shape index (κ1) is 26.3. The molecule has 0 N–H and O–H groups in total. The van der Waals surface area contributed by atoms with Crippen LogP contribution in [0, 0.1) is 17.1 Å². The zero-order valence-electron chi connectivity index (χ0n) is 22.2. The Hall–Kier alpha value is -4.29. The number of hydrogen-bond acceptors (Lipinski definition) is 7. The number of fused-ring (bicyclic) bond motifs is 1. The van der Waals surface area contributed by atoms with Crippen LogP contribution in [0.25, 0.3) is 27.7 Å². The van der Waals surface area contributed by atoms with Gasteiger partial charge in [0, 0.05) is 37.3 Å². The van der Waals surface area contributed by atoms with E-state index in [0.29, 0.717) is 34.4 Å². The van der Waals surface area contributed by atoms with E-state index in [-0.39, 0.29) is 11.9 Å². The van der Waals surface area contributed by atoms with E-state index in [2.05, 4.69) is 29.3 Å². The summed E-state index contributed by atoms with van der Waals surface area (Å²) in [7, 11) is 1.91. The van der Waals surface area contributed by atoms with Crippen LogP contribution < -0.4 is 4.90 Å². The average molecular weight is 542 g/mol. The Bertz CT molecular complexity index is 1620. The quantitative estimate of drug-likeness (QED) is 0.273. The summed E-state index contributed by atoms with van der Waals surface area (Å²) in [5.74, 6) is -0.338. The van der Waals surface area contributed by atoms with Gasteiger partial charge in [-0.1, -0.05) is 23.5 Å². The molecule has 1 aliphatic rings. The Morgan fingerprint density at radius 2 is 1.90 bits per heavy atom. The van der Waals surface area contributed by atoms with Gasteiger partial charge in [-0.05, 0) is 80.8 Å². The second kappa shape index (κ2) is 10.5. The monoisotopic (exact) mass is 541 g/mol. The topological polar surface area (TPSA) is 82.4 Å². The van der Waals surface area contributed by atoms with Gasteiger partial charge in [0.15, 0.2) is 5.13 Å². The number of carbonyl (C=O) groups excluding carboxylic acids is 1. The minimum absolute atomic E-state index is 0.301. The van der Waals surface area contributed by atoms with Crippen LogP contribution in [0.4, 0.5) is 20.0 Å². The lowest BCUT2D eigenvalue weighted by molar-refractivity contribution is 0.0270. The molecule has 7 nitrogen and oxygen atoms in total. The predicted molar refractivity (Wildman–Crippen MR) is 152 cm³/mol. The van der Waals surface area contributed by atoms with Crippen LogP contribution in [0.2, 0.25) is 0 Å². The molecule has 1 aliphatic heterocycles. The van der Waals surface area contributed by atoms with Crippen LogP contribution in [-0.4, -0.2) is 46.7 Å². The van der Waals surface area contributed by atoms with E-state index in [1.54, 1.807) is 23.2 Å². The molecule has 0 bridgehead atoms. The number of carbonyl (C=O) groups is 1. The third-order valence-electron chi connectivity index (χ3n) is 6.43. The van der Waals surface area contributed by atoms with Crippen molar-refractivity contribution in [3.63, 3.8) is 0 Å². The van der Waals surface area contributed by atoms with Crippen molar-refractivity contribution in [3.8, 4) is 17.3 Å². The number of nitriles is 1. The molecule has 0 radical (unpaired) electrons. The van der Waals surface area contributed by atoms with Gasteiger partial charge in [0.1, 0.15) is 28.1 Å². The number of amides is 1. The van der Waals surface area contributed by atoms with Gasteiger partial charge >= 0.3 is 6.09 Å². The molecule has 39 heavy (non-hydrogen) atoms. The molecule has 2 aromatic heterocycles. The first-order valence-electron chi connectivity index (χ1n) is 12.6. The fraction of sp³-hybridized carbons (Fsp3) is 0.267. The lowest BCUT2D eigenvalue weighted by Crippen LogP contribution is -2.39. The fourth-order valence-corrected chi connectivity index (χ4v) is 5.34. The van der Waals surface area contributed by atoms with E-state index in [4.69, 9.17) is 9.72 Å². The van der Waals surface area contributed by atoms with Gasteiger partial charge in [0.2, 0.25) is 0 Å². The first-order valence-corrected chi connectivity index (χ1v) is 13.4. The Labute approximate surface area is 230 Å². The number of pyridine rings is 1. The minimum Gasteiger partial charge on any atom is -0.444 e. The largest absolute Gasteiger partial charge is 0.444 e. The van der Waals surface area contributed by atoms with E-state index >= 15 is 0 Å². The standard InChI is InChI=1S/C30H28FN5O2S/c1-30(2,3)38-29(37)36-15-12-19(13-16-36)21-7-10-24-23(17-21)25(11-14-33-24)35(4)28-34-27(26(18-32)39-28)20-5-8-22(31)9-6-20/h5-12,14,17H,13,15-16H2,1-4H3. The Morgan fingerprint density at radius 3 is 2.56 bits per heavy atom. The van der Waals surface area contributed by atoms with E-state index in [0.717, 1.165) is 34.1 Å². The van der Waals surface area contributed by atoms with Gasteiger partial charge in [-0.15, -0.1) is 0 Å². The predicted octanol–water partition coefficient (Wildman–Crippen LogP) is 7.16. The van der Waals surface area contributed by atoms with E-state index in [1.807, 2.05) is 44.9 Å². The normalized spacial score (nSPS) is 13.6. The van der Waals surface area contributed by atoms with Crippen LogP contribution in [0.1, 0.15) is 37.6 Å². The molecule has 0 saturated heterocycles. The number of benzene rings is 2. The maximum atomic E-state index is 13.4. The van der Waals surface area contributed by atoms with E-state index in [1.165, 1.54) is 23.5 Å². The summed E-state index contributed by atoms with van der Waals surface area (Å²) in [6.07, 6.45) is 4.25. The molecule has 2 aromatic carbocycles. The van der Waals surface area contributed by atoms with Crippen molar-refractivity contribution in [1.82, 2.24) is 14.9 Å². The molecule has 0 spiro atoms. The van der Waals surface area contributed by atoms with Crippen molar-refractivity contribution < 1.29 is 13.9 Å². The highest BCUT2D eigenvalue weighted by atomic mass is 32.1. The number of nitrogens with zero attached hydrogens (tertiary/aromatic N) is 5.